The summed E-state index contributed by atoms with van der Waals surface area (Å²) in [5.74, 6) is 0.0644. The van der Waals surface area contributed by atoms with E-state index in [4.69, 9.17) is 11.6 Å². The molecule has 0 spiro atoms. The molecule has 0 aliphatic heterocycles. The number of fused-ring (bicyclic) bond motifs is 1. The molecule has 0 radical (unpaired) electrons. The largest absolute Gasteiger partial charge is 0.294 e. The van der Waals surface area contributed by atoms with Gasteiger partial charge >= 0.3 is 0 Å². The maximum atomic E-state index is 12.5. The van der Waals surface area contributed by atoms with Gasteiger partial charge in [0.2, 0.25) is 0 Å². The average molecular weight is 360 g/mol. The lowest BCUT2D eigenvalue weighted by Gasteiger charge is -2.07. The van der Waals surface area contributed by atoms with Gasteiger partial charge in [0.15, 0.2) is 5.78 Å². The van der Waals surface area contributed by atoms with Crippen molar-refractivity contribution in [1.29, 1.82) is 0 Å². The standard InChI is InChI=1S/C18H12BrClO/c19-15-8-14(9-16(20)11-15)18(21)10-13-6-3-5-12-4-1-2-7-17(12)13/h1-9,11H,10H2. The topological polar surface area (TPSA) is 17.1 Å². The number of carbonyl (C=O) groups is 1. The first kappa shape index (κ1) is 14.3. The Kier molecular flexibility index (Phi) is 4.09. The number of halogens is 2. The van der Waals surface area contributed by atoms with Crippen LogP contribution in [0.25, 0.3) is 10.8 Å². The smallest absolute Gasteiger partial charge is 0.167 e. The van der Waals surface area contributed by atoms with Crippen LogP contribution in [0.15, 0.2) is 65.1 Å². The Morgan fingerprint density at radius 1 is 1.00 bits per heavy atom. The molecule has 0 aliphatic carbocycles. The highest BCUT2D eigenvalue weighted by Crippen LogP contribution is 2.23. The van der Waals surface area contributed by atoms with Crippen LogP contribution in [0.1, 0.15) is 15.9 Å². The predicted octanol–water partition coefficient (Wildman–Crippen LogP) is 5.68. The first-order chi connectivity index (χ1) is 10.1. The molecule has 0 amide bonds. The molecule has 0 heterocycles. The van der Waals surface area contributed by atoms with Crippen LogP contribution in [0.2, 0.25) is 5.02 Å². The van der Waals surface area contributed by atoms with Gasteiger partial charge in [0.25, 0.3) is 0 Å². The van der Waals surface area contributed by atoms with Crippen molar-refractivity contribution in [3.05, 3.63) is 81.3 Å². The molecule has 0 unspecified atom stereocenters. The van der Waals surface area contributed by atoms with Crippen LogP contribution in [0.5, 0.6) is 0 Å². The van der Waals surface area contributed by atoms with E-state index in [1.165, 1.54) is 0 Å². The Morgan fingerprint density at radius 3 is 2.57 bits per heavy atom. The molecule has 0 N–H and O–H groups in total. The van der Waals surface area contributed by atoms with E-state index >= 15 is 0 Å². The maximum absolute atomic E-state index is 12.5. The van der Waals surface area contributed by atoms with Gasteiger partial charge in [-0.15, -0.1) is 0 Å². The molecule has 3 rings (SSSR count). The molecule has 0 bridgehead atoms. The molecular weight excluding hydrogens is 348 g/mol. The van der Waals surface area contributed by atoms with Gasteiger partial charge in [0.1, 0.15) is 0 Å². The van der Waals surface area contributed by atoms with Crippen LogP contribution < -0.4 is 0 Å². The van der Waals surface area contributed by atoms with Crippen LogP contribution in [-0.4, -0.2) is 5.78 Å². The van der Waals surface area contributed by atoms with Crippen molar-refractivity contribution in [3.8, 4) is 0 Å². The predicted molar refractivity (Wildman–Crippen MR) is 91.1 cm³/mol. The van der Waals surface area contributed by atoms with Gasteiger partial charge in [0, 0.05) is 21.5 Å². The molecule has 21 heavy (non-hydrogen) atoms. The van der Waals surface area contributed by atoms with Crippen LogP contribution in [0.3, 0.4) is 0 Å². The zero-order chi connectivity index (χ0) is 14.8. The second-order valence-electron chi connectivity index (χ2n) is 4.90. The fraction of sp³-hybridized carbons (Fsp3) is 0.0556. The minimum atomic E-state index is 0.0644. The van der Waals surface area contributed by atoms with E-state index in [0.717, 1.165) is 20.8 Å². The Morgan fingerprint density at radius 2 is 1.76 bits per heavy atom. The lowest BCUT2D eigenvalue weighted by atomic mass is 9.98. The van der Waals surface area contributed by atoms with E-state index in [2.05, 4.69) is 28.1 Å². The molecule has 0 saturated carbocycles. The molecule has 3 aromatic rings. The molecule has 104 valence electrons. The van der Waals surface area contributed by atoms with E-state index in [1.807, 2.05) is 30.3 Å². The third-order valence-electron chi connectivity index (χ3n) is 3.42. The van der Waals surface area contributed by atoms with Gasteiger partial charge in [-0.3, -0.25) is 4.79 Å². The van der Waals surface area contributed by atoms with Gasteiger partial charge in [-0.05, 0) is 34.5 Å². The number of hydrogen-bond donors (Lipinski definition) is 0. The zero-order valence-electron chi connectivity index (χ0n) is 11.1. The summed E-state index contributed by atoms with van der Waals surface area (Å²) in [4.78, 5) is 12.5. The second kappa shape index (κ2) is 6.00. The highest BCUT2D eigenvalue weighted by Gasteiger charge is 2.11. The Labute approximate surface area is 136 Å². The minimum Gasteiger partial charge on any atom is -0.294 e. The van der Waals surface area contributed by atoms with Crippen LogP contribution in [0.4, 0.5) is 0 Å². The Hall–Kier alpha value is -1.64. The lowest BCUT2D eigenvalue weighted by molar-refractivity contribution is 0.0993. The summed E-state index contributed by atoms with van der Waals surface area (Å²) in [5, 5.41) is 2.83. The van der Waals surface area contributed by atoms with Gasteiger partial charge in [-0.1, -0.05) is 70.0 Å². The molecule has 0 fully saturated rings. The minimum absolute atomic E-state index is 0.0644. The first-order valence-electron chi connectivity index (χ1n) is 6.59. The summed E-state index contributed by atoms with van der Waals surface area (Å²) in [7, 11) is 0. The zero-order valence-corrected chi connectivity index (χ0v) is 13.5. The van der Waals surface area contributed by atoms with Crippen molar-refractivity contribution in [1.82, 2.24) is 0 Å². The van der Waals surface area contributed by atoms with Crippen LogP contribution in [-0.2, 0) is 6.42 Å². The monoisotopic (exact) mass is 358 g/mol. The van der Waals surface area contributed by atoms with Gasteiger partial charge in [-0.2, -0.15) is 0 Å². The van der Waals surface area contributed by atoms with E-state index in [0.29, 0.717) is 17.0 Å². The number of ketones is 1. The Bertz CT molecular complexity index is 801. The van der Waals surface area contributed by atoms with Crippen molar-refractivity contribution in [3.63, 3.8) is 0 Å². The van der Waals surface area contributed by atoms with Gasteiger partial charge in [-0.25, -0.2) is 0 Å². The molecule has 3 aromatic carbocycles. The number of Topliss-reactive ketones (excluding diaryl/α,β-unsaturated/α-hetero) is 1. The van der Waals surface area contributed by atoms with Gasteiger partial charge in [0.05, 0.1) is 0 Å². The van der Waals surface area contributed by atoms with E-state index in [9.17, 15) is 4.79 Å². The normalized spacial score (nSPS) is 10.8. The SMILES string of the molecule is O=C(Cc1cccc2ccccc12)c1cc(Cl)cc(Br)c1. The summed E-state index contributed by atoms with van der Waals surface area (Å²) in [6.45, 7) is 0. The number of rotatable bonds is 3. The summed E-state index contributed by atoms with van der Waals surface area (Å²) >= 11 is 9.38. The number of hydrogen-bond acceptors (Lipinski definition) is 1. The number of benzene rings is 3. The molecule has 3 heteroatoms. The fourth-order valence-corrected chi connectivity index (χ4v) is 3.30. The van der Waals surface area contributed by atoms with Crippen molar-refractivity contribution >= 4 is 44.1 Å². The third kappa shape index (κ3) is 3.17. The fourth-order valence-electron chi connectivity index (χ4n) is 2.44. The maximum Gasteiger partial charge on any atom is 0.167 e. The molecule has 0 aliphatic rings. The van der Waals surface area contributed by atoms with Crippen LogP contribution in [0, 0.1) is 0 Å². The summed E-state index contributed by atoms with van der Waals surface area (Å²) < 4.78 is 0.816. The van der Waals surface area contributed by atoms with Crippen molar-refractivity contribution < 1.29 is 4.79 Å². The highest BCUT2D eigenvalue weighted by molar-refractivity contribution is 9.10. The third-order valence-corrected chi connectivity index (χ3v) is 4.09. The summed E-state index contributed by atoms with van der Waals surface area (Å²) in [5.41, 5.74) is 1.66. The molecule has 0 atom stereocenters. The molecule has 0 aromatic heterocycles. The molecule has 1 nitrogen and oxygen atoms in total. The Balaban J connectivity index is 1.96. The second-order valence-corrected chi connectivity index (χ2v) is 6.25. The highest BCUT2D eigenvalue weighted by atomic mass is 79.9. The quantitative estimate of drug-likeness (QED) is 0.550. The lowest BCUT2D eigenvalue weighted by Crippen LogP contribution is -2.04. The number of carbonyl (C=O) groups excluding carboxylic acids is 1. The summed E-state index contributed by atoms with van der Waals surface area (Å²) in [6, 6.07) is 19.4. The van der Waals surface area contributed by atoms with Crippen molar-refractivity contribution in [2.75, 3.05) is 0 Å². The van der Waals surface area contributed by atoms with E-state index < -0.39 is 0 Å². The molecular formula is C18H12BrClO. The van der Waals surface area contributed by atoms with Crippen LogP contribution >= 0.6 is 27.5 Å². The van der Waals surface area contributed by atoms with Crippen molar-refractivity contribution in [2.24, 2.45) is 0 Å². The first-order valence-corrected chi connectivity index (χ1v) is 7.76. The van der Waals surface area contributed by atoms with Gasteiger partial charge < -0.3 is 0 Å². The van der Waals surface area contributed by atoms with E-state index in [-0.39, 0.29) is 5.78 Å². The average Bonchev–Trinajstić information content (AvgIpc) is 2.46. The molecule has 0 saturated heterocycles. The van der Waals surface area contributed by atoms with E-state index in [1.54, 1.807) is 18.2 Å². The van der Waals surface area contributed by atoms with Crippen molar-refractivity contribution in [2.45, 2.75) is 6.42 Å². The summed E-state index contributed by atoms with van der Waals surface area (Å²) in [6.07, 6.45) is 0.369.